The Labute approximate surface area is 162 Å². The maximum absolute atomic E-state index is 13.7. The lowest BCUT2D eigenvalue weighted by Crippen LogP contribution is -2.36. The minimum atomic E-state index is -0.399. The number of benzene rings is 1. The highest BCUT2D eigenvalue weighted by Crippen LogP contribution is 2.31. The Hall–Kier alpha value is -1.50. The van der Waals surface area contributed by atoms with Crippen LogP contribution in [0.4, 0.5) is 15.8 Å². The molecule has 2 heterocycles. The first-order chi connectivity index (χ1) is 12.1. The van der Waals surface area contributed by atoms with Crippen molar-refractivity contribution in [2.75, 3.05) is 36.9 Å². The molecule has 0 spiro atoms. The number of hydrogen-bond donors (Lipinski definition) is 1. The van der Waals surface area contributed by atoms with E-state index >= 15 is 0 Å². The number of aromatic nitrogens is 1. The molecule has 3 rings (SSSR count). The van der Waals surface area contributed by atoms with Crippen molar-refractivity contribution >= 4 is 41.5 Å². The van der Waals surface area contributed by atoms with Crippen LogP contribution < -0.4 is 10.6 Å². The molecule has 7 heteroatoms. The molecule has 1 saturated heterocycles. The number of halogens is 2. The van der Waals surface area contributed by atoms with Crippen molar-refractivity contribution in [1.82, 2.24) is 4.98 Å². The van der Waals surface area contributed by atoms with E-state index < -0.39 is 5.82 Å². The zero-order valence-corrected chi connectivity index (χ0v) is 16.7. The summed E-state index contributed by atoms with van der Waals surface area (Å²) in [4.78, 5) is 6.78. The van der Waals surface area contributed by atoms with Gasteiger partial charge in [-0.1, -0.05) is 0 Å². The summed E-state index contributed by atoms with van der Waals surface area (Å²) in [6.45, 7) is 4.82. The van der Waals surface area contributed by atoms with Crippen LogP contribution in [0.2, 0.25) is 0 Å². The molecular formula is C18H17FIN3OS. The first-order valence-electron chi connectivity index (χ1n) is 7.77. The molecule has 2 N–H and O–H groups in total. The third kappa shape index (κ3) is 4.19. The molecule has 25 heavy (non-hydrogen) atoms. The summed E-state index contributed by atoms with van der Waals surface area (Å²) >= 11 is 2.14. The van der Waals surface area contributed by atoms with E-state index in [1.54, 1.807) is 12.3 Å². The highest BCUT2D eigenvalue weighted by Gasteiger charge is 2.17. The first-order valence-corrected chi connectivity index (χ1v) is 11.1. The standard InChI is InChI=1S/C18H17FIN3OS/c1-12-8-15(19)16(21)10-14(12)13-9-18(23-3-5-24-6-4-23)17(22-11-13)2-7-25-20/h8-11H,3-6,21H2,1H3. The average molecular weight is 469 g/mol. The monoisotopic (exact) mass is 469 g/mol. The van der Waals surface area contributed by atoms with Crippen molar-refractivity contribution in [2.24, 2.45) is 0 Å². The van der Waals surface area contributed by atoms with E-state index in [0.717, 1.165) is 41.2 Å². The second-order valence-electron chi connectivity index (χ2n) is 5.68. The third-order valence-electron chi connectivity index (χ3n) is 4.08. The van der Waals surface area contributed by atoms with E-state index in [9.17, 15) is 4.39 Å². The summed E-state index contributed by atoms with van der Waals surface area (Å²) in [6, 6.07) is 5.18. The number of nitrogens with zero attached hydrogens (tertiary/aromatic N) is 2. The van der Waals surface area contributed by atoms with Crippen LogP contribution in [-0.4, -0.2) is 31.3 Å². The van der Waals surface area contributed by atoms with Crippen LogP contribution in [0, 0.1) is 23.9 Å². The highest BCUT2D eigenvalue weighted by atomic mass is 127. The molecule has 1 aliphatic rings. The predicted molar refractivity (Wildman–Crippen MR) is 110 cm³/mol. The highest BCUT2D eigenvalue weighted by molar-refractivity contribution is 14.2. The summed E-state index contributed by atoms with van der Waals surface area (Å²) in [5.41, 5.74) is 10.2. The molecule has 1 fully saturated rings. The molecule has 0 bridgehead atoms. The molecule has 0 unspecified atom stereocenters. The Morgan fingerprint density at radius 1 is 1.32 bits per heavy atom. The Morgan fingerprint density at radius 2 is 2.08 bits per heavy atom. The lowest BCUT2D eigenvalue weighted by molar-refractivity contribution is 0.122. The van der Waals surface area contributed by atoms with Crippen molar-refractivity contribution in [2.45, 2.75) is 6.92 Å². The summed E-state index contributed by atoms with van der Waals surface area (Å²) in [5, 5.41) is 2.99. The quantitative estimate of drug-likeness (QED) is 0.410. The molecule has 0 aliphatic carbocycles. The van der Waals surface area contributed by atoms with E-state index in [2.05, 4.69) is 48.3 Å². The van der Waals surface area contributed by atoms with Crippen molar-refractivity contribution in [1.29, 1.82) is 0 Å². The molecular weight excluding hydrogens is 452 g/mol. The number of aryl methyl sites for hydroxylation is 1. The summed E-state index contributed by atoms with van der Waals surface area (Å²) < 4.78 is 19.1. The molecule has 0 atom stereocenters. The molecule has 1 aromatic heterocycles. The Kier molecular flexibility index (Phi) is 6.04. The number of anilines is 2. The molecule has 2 aromatic rings. The number of hydrogen-bond acceptors (Lipinski definition) is 5. The number of nitrogens with two attached hydrogens (primary N) is 1. The molecule has 0 amide bonds. The Bertz CT molecular complexity index is 844. The van der Waals surface area contributed by atoms with Crippen molar-refractivity contribution in [3.8, 4) is 22.3 Å². The second kappa shape index (κ2) is 8.25. The van der Waals surface area contributed by atoms with Gasteiger partial charge in [-0.2, -0.15) is 0 Å². The lowest BCUT2D eigenvalue weighted by atomic mass is 10.00. The van der Waals surface area contributed by atoms with Gasteiger partial charge in [-0.25, -0.2) is 9.37 Å². The SMILES string of the molecule is Cc1cc(F)c(N)cc1-c1cnc(C#CSI)c(N2CCOCC2)c1. The van der Waals surface area contributed by atoms with Crippen molar-refractivity contribution in [3.05, 3.63) is 41.5 Å². The number of rotatable bonds is 2. The predicted octanol–water partition coefficient (Wildman–Crippen LogP) is 4.01. The molecule has 130 valence electrons. The fourth-order valence-corrected chi connectivity index (χ4v) is 3.28. The van der Waals surface area contributed by atoms with E-state index in [1.807, 2.05) is 6.92 Å². The first kappa shape index (κ1) is 18.3. The summed E-state index contributed by atoms with van der Waals surface area (Å²) in [6.07, 6.45) is 1.77. The number of morpholine rings is 1. The van der Waals surface area contributed by atoms with Crippen LogP contribution in [0.3, 0.4) is 0 Å². The number of pyridine rings is 1. The Morgan fingerprint density at radius 3 is 2.80 bits per heavy atom. The van der Waals surface area contributed by atoms with E-state index in [4.69, 9.17) is 10.5 Å². The average Bonchev–Trinajstić information content (AvgIpc) is 2.63. The zero-order chi connectivity index (χ0) is 17.8. The number of ether oxygens (including phenoxy) is 1. The second-order valence-corrected chi connectivity index (χ2v) is 7.36. The van der Waals surface area contributed by atoms with Gasteiger partial charge in [0.15, 0.2) is 0 Å². The fourth-order valence-electron chi connectivity index (χ4n) is 2.81. The van der Waals surface area contributed by atoms with Gasteiger partial charge >= 0.3 is 0 Å². The number of nitrogen functional groups attached to an aromatic ring is 1. The zero-order valence-electron chi connectivity index (χ0n) is 13.7. The van der Waals surface area contributed by atoms with Crippen LogP contribution in [0.1, 0.15) is 11.3 Å². The van der Waals surface area contributed by atoms with E-state index in [-0.39, 0.29) is 5.69 Å². The molecule has 0 radical (unpaired) electrons. The smallest absolute Gasteiger partial charge is 0.146 e. The van der Waals surface area contributed by atoms with E-state index in [1.165, 1.54) is 15.0 Å². The van der Waals surface area contributed by atoms with Gasteiger partial charge in [0.25, 0.3) is 0 Å². The van der Waals surface area contributed by atoms with E-state index in [0.29, 0.717) is 13.2 Å². The van der Waals surface area contributed by atoms with Crippen LogP contribution in [0.5, 0.6) is 0 Å². The lowest BCUT2D eigenvalue weighted by Gasteiger charge is -2.29. The molecule has 1 aliphatic heterocycles. The van der Waals surface area contributed by atoms with Gasteiger partial charge in [0, 0.05) is 46.1 Å². The minimum absolute atomic E-state index is 0.138. The van der Waals surface area contributed by atoms with Crippen molar-refractivity contribution in [3.63, 3.8) is 0 Å². The van der Waals surface area contributed by atoms with Gasteiger partial charge in [-0.15, -0.1) is 0 Å². The van der Waals surface area contributed by atoms with Crippen LogP contribution in [-0.2, 0) is 4.74 Å². The normalized spacial score (nSPS) is 14.1. The summed E-state index contributed by atoms with van der Waals surface area (Å²) in [7, 11) is 1.43. The molecule has 0 saturated carbocycles. The third-order valence-corrected chi connectivity index (χ3v) is 4.92. The van der Waals surface area contributed by atoms with Gasteiger partial charge in [-0.3, -0.25) is 0 Å². The largest absolute Gasteiger partial charge is 0.396 e. The van der Waals surface area contributed by atoms with Gasteiger partial charge < -0.3 is 15.4 Å². The van der Waals surface area contributed by atoms with Gasteiger partial charge in [0.05, 0.1) is 24.6 Å². The van der Waals surface area contributed by atoms with Gasteiger partial charge in [-0.05, 0) is 56.4 Å². The topological polar surface area (TPSA) is 51.4 Å². The molecule has 4 nitrogen and oxygen atoms in total. The van der Waals surface area contributed by atoms with Crippen molar-refractivity contribution < 1.29 is 9.13 Å². The van der Waals surface area contributed by atoms with Crippen LogP contribution >= 0.6 is 30.1 Å². The van der Waals surface area contributed by atoms with Gasteiger partial charge in [0.1, 0.15) is 11.5 Å². The maximum Gasteiger partial charge on any atom is 0.146 e. The van der Waals surface area contributed by atoms with Gasteiger partial charge in [0.2, 0.25) is 0 Å². The summed E-state index contributed by atoms with van der Waals surface area (Å²) in [5.74, 6) is 2.70. The Balaban J connectivity index is 2.08. The fraction of sp³-hybridized carbons (Fsp3) is 0.278. The van der Waals surface area contributed by atoms with Crippen LogP contribution in [0.15, 0.2) is 24.4 Å². The maximum atomic E-state index is 13.7. The van der Waals surface area contributed by atoms with Crippen LogP contribution in [0.25, 0.3) is 11.1 Å². The molecule has 1 aromatic carbocycles. The minimum Gasteiger partial charge on any atom is -0.396 e.